The average molecular weight is 206 g/mol. The molecule has 0 saturated carbocycles. The minimum atomic E-state index is 0.0788. The molecule has 1 N–H and O–H groups in total. The first-order chi connectivity index (χ1) is 7.13. The van der Waals surface area contributed by atoms with Crippen molar-refractivity contribution in [1.82, 2.24) is 0 Å². The van der Waals surface area contributed by atoms with Crippen molar-refractivity contribution in [2.24, 2.45) is 0 Å². The summed E-state index contributed by atoms with van der Waals surface area (Å²) in [5.41, 5.74) is 1.99. The highest BCUT2D eigenvalue weighted by atomic mass is 16.1. The molecule has 0 spiro atoms. The van der Waals surface area contributed by atoms with Crippen LogP contribution in [0.1, 0.15) is 19.8 Å². The molecule has 3 nitrogen and oxygen atoms in total. The zero-order valence-corrected chi connectivity index (χ0v) is 9.58. The molecule has 0 heterocycles. The van der Waals surface area contributed by atoms with Crippen LogP contribution in [0.25, 0.3) is 0 Å². The topological polar surface area (TPSA) is 32.3 Å². The second-order valence-corrected chi connectivity index (χ2v) is 3.74. The third-order valence-corrected chi connectivity index (χ3v) is 2.14. The van der Waals surface area contributed by atoms with Crippen LogP contribution >= 0.6 is 0 Å². The summed E-state index contributed by atoms with van der Waals surface area (Å²) in [6, 6.07) is 7.81. The largest absolute Gasteiger partial charge is 0.378 e. The first-order valence-corrected chi connectivity index (χ1v) is 5.20. The van der Waals surface area contributed by atoms with E-state index in [9.17, 15) is 4.79 Å². The summed E-state index contributed by atoms with van der Waals surface area (Å²) >= 11 is 0. The molecular formula is C12H18N2O. The second-order valence-electron chi connectivity index (χ2n) is 3.74. The van der Waals surface area contributed by atoms with Crippen molar-refractivity contribution in [3.05, 3.63) is 24.3 Å². The van der Waals surface area contributed by atoms with E-state index in [2.05, 4.69) is 5.32 Å². The normalized spacial score (nSPS) is 9.80. The quantitative estimate of drug-likeness (QED) is 0.820. The Morgan fingerprint density at radius 1 is 1.27 bits per heavy atom. The van der Waals surface area contributed by atoms with E-state index in [4.69, 9.17) is 0 Å². The van der Waals surface area contributed by atoms with Crippen LogP contribution in [0.3, 0.4) is 0 Å². The number of carbonyl (C=O) groups excluding carboxylic acids is 1. The molecule has 0 unspecified atom stereocenters. The predicted octanol–water partition coefficient (Wildman–Crippen LogP) is 2.49. The van der Waals surface area contributed by atoms with Gasteiger partial charge in [0.1, 0.15) is 0 Å². The molecule has 0 atom stereocenters. The Bertz CT molecular complexity index is 317. The van der Waals surface area contributed by atoms with Gasteiger partial charge in [0, 0.05) is 31.9 Å². The number of benzene rings is 1. The van der Waals surface area contributed by atoms with Crippen LogP contribution in [0, 0.1) is 0 Å². The Kier molecular flexibility index (Phi) is 4.16. The van der Waals surface area contributed by atoms with E-state index in [-0.39, 0.29) is 5.91 Å². The second kappa shape index (κ2) is 5.39. The lowest BCUT2D eigenvalue weighted by Gasteiger charge is -2.12. The first-order valence-electron chi connectivity index (χ1n) is 5.20. The highest BCUT2D eigenvalue weighted by Crippen LogP contribution is 2.15. The van der Waals surface area contributed by atoms with E-state index in [1.165, 1.54) is 0 Å². The van der Waals surface area contributed by atoms with Crippen LogP contribution in [0.5, 0.6) is 0 Å². The lowest BCUT2D eigenvalue weighted by Crippen LogP contribution is -2.11. The molecule has 0 aliphatic rings. The summed E-state index contributed by atoms with van der Waals surface area (Å²) < 4.78 is 0. The van der Waals surface area contributed by atoms with Gasteiger partial charge in [-0.05, 0) is 30.7 Å². The zero-order valence-electron chi connectivity index (χ0n) is 9.58. The molecule has 1 rings (SSSR count). The van der Waals surface area contributed by atoms with Gasteiger partial charge >= 0.3 is 0 Å². The number of carbonyl (C=O) groups is 1. The van der Waals surface area contributed by atoms with Gasteiger partial charge in [-0.25, -0.2) is 0 Å². The summed E-state index contributed by atoms with van der Waals surface area (Å²) in [6.07, 6.45) is 1.46. The molecule has 0 saturated heterocycles. The van der Waals surface area contributed by atoms with Gasteiger partial charge in [-0.3, -0.25) is 4.79 Å². The maximum atomic E-state index is 11.3. The molecule has 0 fully saturated rings. The van der Waals surface area contributed by atoms with Gasteiger partial charge in [0.25, 0.3) is 0 Å². The molecule has 0 aromatic heterocycles. The fourth-order valence-corrected chi connectivity index (χ4v) is 1.29. The van der Waals surface area contributed by atoms with E-state index in [0.29, 0.717) is 6.42 Å². The number of rotatable bonds is 4. The van der Waals surface area contributed by atoms with Crippen LogP contribution in [0.4, 0.5) is 11.4 Å². The van der Waals surface area contributed by atoms with Crippen molar-refractivity contribution >= 4 is 17.3 Å². The Morgan fingerprint density at radius 3 is 2.33 bits per heavy atom. The van der Waals surface area contributed by atoms with E-state index in [0.717, 1.165) is 17.8 Å². The minimum absolute atomic E-state index is 0.0788. The molecule has 15 heavy (non-hydrogen) atoms. The van der Waals surface area contributed by atoms with Gasteiger partial charge < -0.3 is 10.2 Å². The van der Waals surface area contributed by atoms with E-state index < -0.39 is 0 Å². The van der Waals surface area contributed by atoms with Crippen molar-refractivity contribution in [2.45, 2.75) is 19.8 Å². The summed E-state index contributed by atoms with van der Waals surface area (Å²) in [6.45, 7) is 1.99. The van der Waals surface area contributed by atoms with Crippen molar-refractivity contribution in [3.63, 3.8) is 0 Å². The number of nitrogens with zero attached hydrogens (tertiary/aromatic N) is 1. The molecule has 1 amide bonds. The smallest absolute Gasteiger partial charge is 0.224 e. The molecular weight excluding hydrogens is 188 g/mol. The van der Waals surface area contributed by atoms with Crippen LogP contribution < -0.4 is 10.2 Å². The molecule has 0 aliphatic heterocycles. The summed E-state index contributed by atoms with van der Waals surface area (Å²) in [5, 5.41) is 2.85. The average Bonchev–Trinajstić information content (AvgIpc) is 2.18. The van der Waals surface area contributed by atoms with Gasteiger partial charge in [-0.15, -0.1) is 0 Å². The van der Waals surface area contributed by atoms with Gasteiger partial charge in [0.05, 0.1) is 0 Å². The van der Waals surface area contributed by atoms with E-state index >= 15 is 0 Å². The van der Waals surface area contributed by atoms with Crippen LogP contribution in [-0.4, -0.2) is 20.0 Å². The highest BCUT2D eigenvalue weighted by molar-refractivity contribution is 5.90. The number of hydrogen-bond acceptors (Lipinski definition) is 2. The lowest BCUT2D eigenvalue weighted by atomic mass is 10.2. The van der Waals surface area contributed by atoms with Gasteiger partial charge in [-0.2, -0.15) is 0 Å². The van der Waals surface area contributed by atoms with Crippen molar-refractivity contribution in [2.75, 3.05) is 24.3 Å². The van der Waals surface area contributed by atoms with Gasteiger partial charge in [0.2, 0.25) is 5.91 Å². The van der Waals surface area contributed by atoms with Crippen molar-refractivity contribution in [3.8, 4) is 0 Å². The predicted molar refractivity (Wildman–Crippen MR) is 64.3 cm³/mol. The number of hydrogen-bond donors (Lipinski definition) is 1. The molecule has 82 valence electrons. The van der Waals surface area contributed by atoms with Crippen LogP contribution in [-0.2, 0) is 4.79 Å². The summed E-state index contributed by atoms with van der Waals surface area (Å²) in [5.74, 6) is 0.0788. The highest BCUT2D eigenvalue weighted by Gasteiger charge is 2.00. The van der Waals surface area contributed by atoms with Crippen molar-refractivity contribution < 1.29 is 4.79 Å². The van der Waals surface area contributed by atoms with Gasteiger partial charge in [0.15, 0.2) is 0 Å². The Hall–Kier alpha value is -1.51. The standard InChI is InChI=1S/C12H18N2O/c1-4-5-12(15)13-10-6-8-11(9-7-10)14(2)3/h6-9H,4-5H2,1-3H3,(H,13,15). The first kappa shape index (κ1) is 11.6. The SMILES string of the molecule is CCCC(=O)Nc1ccc(N(C)C)cc1. The molecule has 0 bridgehead atoms. The maximum Gasteiger partial charge on any atom is 0.224 e. The lowest BCUT2D eigenvalue weighted by molar-refractivity contribution is -0.116. The summed E-state index contributed by atoms with van der Waals surface area (Å²) in [4.78, 5) is 13.3. The monoisotopic (exact) mass is 206 g/mol. The van der Waals surface area contributed by atoms with Crippen LogP contribution in [0.2, 0.25) is 0 Å². The fourth-order valence-electron chi connectivity index (χ4n) is 1.29. The minimum Gasteiger partial charge on any atom is -0.378 e. The summed E-state index contributed by atoms with van der Waals surface area (Å²) in [7, 11) is 3.98. The Labute approximate surface area is 91.1 Å². The Balaban J connectivity index is 2.60. The number of amides is 1. The van der Waals surface area contributed by atoms with Gasteiger partial charge in [-0.1, -0.05) is 6.92 Å². The van der Waals surface area contributed by atoms with E-state index in [1.807, 2.05) is 50.2 Å². The fraction of sp³-hybridized carbons (Fsp3) is 0.417. The molecule has 0 aliphatic carbocycles. The Morgan fingerprint density at radius 2 is 1.87 bits per heavy atom. The maximum absolute atomic E-state index is 11.3. The third-order valence-electron chi connectivity index (χ3n) is 2.14. The molecule has 0 radical (unpaired) electrons. The zero-order chi connectivity index (χ0) is 11.3. The van der Waals surface area contributed by atoms with Crippen molar-refractivity contribution in [1.29, 1.82) is 0 Å². The third kappa shape index (κ3) is 3.62. The molecule has 3 heteroatoms. The van der Waals surface area contributed by atoms with Crippen LogP contribution in [0.15, 0.2) is 24.3 Å². The molecule has 1 aromatic rings. The number of nitrogens with one attached hydrogen (secondary N) is 1. The molecule has 1 aromatic carbocycles. The number of anilines is 2. The van der Waals surface area contributed by atoms with E-state index in [1.54, 1.807) is 0 Å².